The van der Waals surface area contributed by atoms with Crippen molar-refractivity contribution in [1.29, 1.82) is 0 Å². The Morgan fingerprint density at radius 1 is 0.667 bits per heavy atom. The van der Waals surface area contributed by atoms with Gasteiger partial charge in [-0.25, -0.2) is 41.0 Å². The zero-order valence-electron chi connectivity index (χ0n) is 39.4. The lowest BCUT2D eigenvalue weighted by atomic mass is 9.80. The Balaban J connectivity index is 0.000000172. The molecule has 0 bridgehead atoms. The lowest BCUT2D eigenvalue weighted by Crippen LogP contribution is -2.63. The van der Waals surface area contributed by atoms with Crippen LogP contribution < -0.4 is 36.4 Å². The summed E-state index contributed by atoms with van der Waals surface area (Å²) in [5.41, 5.74) is 15.1. The van der Waals surface area contributed by atoms with Gasteiger partial charge in [-0.05, 0) is 91.9 Å². The number of nitrogens with zero attached hydrogens (tertiary/aromatic N) is 9. The summed E-state index contributed by atoms with van der Waals surface area (Å²) in [6, 6.07) is 24.6. The third-order valence-corrected chi connectivity index (χ3v) is 16.4. The second kappa shape index (κ2) is 18.3. The summed E-state index contributed by atoms with van der Waals surface area (Å²) in [6.45, 7) is 0.0241. The Bertz CT molecular complexity index is 3470. The molecule has 24 heteroatoms. The van der Waals surface area contributed by atoms with Crippen molar-refractivity contribution in [2.24, 2.45) is 0 Å². The van der Waals surface area contributed by atoms with E-state index in [1.165, 1.54) is 59.7 Å². The van der Waals surface area contributed by atoms with Crippen molar-refractivity contribution in [1.82, 2.24) is 39.5 Å². The highest BCUT2D eigenvalue weighted by Gasteiger charge is 2.53. The number of ether oxygens (including phenoxy) is 1. The van der Waals surface area contributed by atoms with Crippen LogP contribution in [-0.2, 0) is 52.1 Å². The van der Waals surface area contributed by atoms with E-state index in [1.807, 2.05) is 45.5 Å². The molecular weight excluding hydrogens is 965 g/mol. The number of sulfonamides is 2. The normalized spacial score (nSPS) is 17.2. The zero-order valence-corrected chi connectivity index (χ0v) is 41.0. The molecule has 2 spiro atoms. The molecule has 7 aromatic rings. The van der Waals surface area contributed by atoms with E-state index in [2.05, 4.69) is 34.8 Å². The number of fused-ring (bicyclic) bond motifs is 8. The molecule has 4 aliphatic rings. The third-order valence-electron chi connectivity index (χ3n) is 13.7. The van der Waals surface area contributed by atoms with E-state index in [9.17, 15) is 31.2 Å². The molecule has 0 saturated heterocycles. The monoisotopic (exact) mass is 1020 g/mol. The van der Waals surface area contributed by atoms with Gasteiger partial charge in [0.15, 0.2) is 0 Å². The molecule has 0 unspecified atom stereocenters. The maximum Gasteiger partial charge on any atom is 0.436 e. The number of benzene rings is 3. The molecule has 22 nitrogen and oxygen atoms in total. The largest absolute Gasteiger partial charge is 0.443 e. The minimum absolute atomic E-state index is 0.0101. The highest BCUT2D eigenvalue weighted by atomic mass is 32.2. The Morgan fingerprint density at radius 3 is 1.65 bits per heavy atom. The van der Waals surface area contributed by atoms with Gasteiger partial charge in [0.1, 0.15) is 40.6 Å². The van der Waals surface area contributed by atoms with Crippen LogP contribution in [0.2, 0.25) is 0 Å². The van der Waals surface area contributed by atoms with Crippen LogP contribution in [0, 0.1) is 0 Å². The molecule has 11 rings (SSSR count). The highest BCUT2D eigenvalue weighted by molar-refractivity contribution is 7.93. The average Bonchev–Trinajstić information content (AvgIpc) is 3.96. The summed E-state index contributed by atoms with van der Waals surface area (Å²) >= 11 is 0. The minimum Gasteiger partial charge on any atom is -0.443 e. The van der Waals surface area contributed by atoms with Crippen molar-refractivity contribution >= 4 is 94.9 Å². The van der Waals surface area contributed by atoms with Crippen molar-refractivity contribution in [3.8, 4) is 0 Å². The van der Waals surface area contributed by atoms with Crippen LogP contribution in [0.4, 0.5) is 39.7 Å². The Morgan fingerprint density at radius 2 is 1.14 bits per heavy atom. The van der Waals surface area contributed by atoms with Crippen LogP contribution in [0.25, 0.3) is 22.1 Å². The van der Waals surface area contributed by atoms with Gasteiger partial charge < -0.3 is 16.2 Å². The minimum atomic E-state index is -3.99. The first-order valence-corrected chi connectivity index (χ1v) is 26.3. The van der Waals surface area contributed by atoms with Gasteiger partial charge in [-0.1, -0.05) is 68.9 Å². The maximum absolute atomic E-state index is 14.2. The van der Waals surface area contributed by atoms with Gasteiger partial charge in [0.2, 0.25) is 11.9 Å². The van der Waals surface area contributed by atoms with Crippen LogP contribution in [0.15, 0.2) is 113 Å². The number of anilines is 6. The number of carbonyl (C=O) groups excluding carboxylic acids is 3. The zero-order chi connectivity index (χ0) is 50.6. The van der Waals surface area contributed by atoms with E-state index >= 15 is 0 Å². The first-order chi connectivity index (χ1) is 34.5. The molecule has 3 aromatic carbocycles. The number of amides is 3. The molecule has 2 saturated carbocycles. The second-order valence-electron chi connectivity index (χ2n) is 18.3. The van der Waals surface area contributed by atoms with Gasteiger partial charge in [0.05, 0.1) is 9.79 Å². The fraction of sp³-hybridized carbons (Fsp3) is 0.312. The second-order valence-corrected chi connectivity index (χ2v) is 21.7. The maximum atomic E-state index is 14.2. The molecule has 6 heterocycles. The summed E-state index contributed by atoms with van der Waals surface area (Å²) in [7, 11) is -4.50. The molecule has 0 atom stereocenters. The number of hydrogen-bond donors (Lipinski definition) is 5. The molecule has 0 radical (unpaired) electrons. The van der Waals surface area contributed by atoms with Gasteiger partial charge in [0.25, 0.3) is 31.9 Å². The topological polar surface area (TPSA) is 288 Å². The van der Waals surface area contributed by atoms with Crippen LogP contribution in [0.3, 0.4) is 0 Å². The summed E-state index contributed by atoms with van der Waals surface area (Å²) in [5, 5.41) is 5.51. The predicted molar refractivity (Wildman–Crippen MR) is 269 cm³/mol. The molecule has 2 fully saturated rings. The lowest BCUT2D eigenvalue weighted by Gasteiger charge is -2.48. The van der Waals surface area contributed by atoms with E-state index in [-0.39, 0.29) is 34.2 Å². The summed E-state index contributed by atoms with van der Waals surface area (Å²) in [4.78, 5) is 58.2. The standard InChI is InChI=1S/C28H29N7O5S.C20H23N7O3S/c1-33-23-16-20-17-30-26(32-41(38,39)22-12-10-21(29)11-13-22)31-24(20)34(23)28(14-6-3-7-15-28)25(36)35(33)27(37)40-18-19-8-4-2-5-9-19;1-26-16-11-13-12-22-19(25-31(29,30)15-7-5-14(21)6-8-15)23-17(13)27(16)20(18(28)24-26)9-3-2-4-10-20/h2,4-5,8-13,16-17H,3,6-7,14-15,18,29H2,1H3,(H,30,31,32);5-8,11-12H,2-4,9-10,21H2,1H3,(H,24,28)(H,22,23,25). The SMILES string of the molecule is CN1NC(=O)C2(CCCCC2)n2c1cc1cnc(NS(=O)(=O)c3ccc(N)cc3)nc12.CN1c2cc3cnc(NS(=O)(=O)c4ccc(N)cc4)nc3n2C2(CCCCC2)C(=O)N1C(=O)OCc1ccccc1. The number of hydrogen-bond acceptors (Lipinski definition) is 16. The lowest BCUT2D eigenvalue weighted by molar-refractivity contribution is -0.143. The molecule has 374 valence electrons. The van der Waals surface area contributed by atoms with Crippen molar-refractivity contribution in [2.45, 2.75) is 91.7 Å². The smallest absolute Gasteiger partial charge is 0.436 e. The fourth-order valence-corrected chi connectivity index (χ4v) is 12.0. The summed E-state index contributed by atoms with van der Waals surface area (Å²) < 4.78 is 65.7. The van der Waals surface area contributed by atoms with Gasteiger partial charge >= 0.3 is 6.09 Å². The molecular formula is C48H52N14O8S2. The number of nitrogen functional groups attached to an aromatic ring is 2. The van der Waals surface area contributed by atoms with E-state index in [4.69, 9.17) is 16.2 Å². The van der Waals surface area contributed by atoms with Crippen LogP contribution in [0.5, 0.6) is 0 Å². The molecule has 2 aliphatic heterocycles. The Kier molecular flexibility index (Phi) is 12.1. The Hall–Kier alpha value is -7.99. The number of nitrogens with one attached hydrogen (secondary N) is 3. The van der Waals surface area contributed by atoms with Crippen molar-refractivity contribution < 1.29 is 36.0 Å². The Labute approximate surface area is 414 Å². The summed E-state index contributed by atoms with van der Waals surface area (Å²) in [5.74, 6) is 0.675. The number of rotatable bonds is 8. The first-order valence-electron chi connectivity index (χ1n) is 23.4. The van der Waals surface area contributed by atoms with E-state index in [0.717, 1.165) is 60.3 Å². The summed E-state index contributed by atoms with van der Waals surface area (Å²) in [6.07, 6.45) is 10.2. The van der Waals surface area contributed by atoms with Gasteiger partial charge in [-0.3, -0.25) is 34.2 Å². The molecule has 72 heavy (non-hydrogen) atoms. The van der Waals surface area contributed by atoms with Crippen molar-refractivity contribution in [3.05, 3.63) is 109 Å². The number of imide groups is 1. The van der Waals surface area contributed by atoms with Crippen LogP contribution >= 0.6 is 0 Å². The average molecular weight is 1020 g/mol. The molecule has 7 N–H and O–H groups in total. The third kappa shape index (κ3) is 8.48. The molecule has 2 aliphatic carbocycles. The van der Waals surface area contributed by atoms with Crippen molar-refractivity contribution in [3.63, 3.8) is 0 Å². The van der Waals surface area contributed by atoms with Gasteiger partial charge in [0, 0.05) is 48.6 Å². The number of nitrogens with two attached hydrogens (primary N) is 2. The number of hydrazine groups is 2. The van der Waals surface area contributed by atoms with E-state index in [1.54, 1.807) is 31.4 Å². The van der Waals surface area contributed by atoms with Crippen LogP contribution in [0.1, 0.15) is 69.8 Å². The fourth-order valence-electron chi connectivity index (χ4n) is 10.1. The van der Waals surface area contributed by atoms with Gasteiger partial charge in [-0.15, -0.1) is 5.01 Å². The van der Waals surface area contributed by atoms with Crippen LogP contribution in [-0.4, -0.2) is 82.9 Å². The number of carbonyl (C=O) groups is 3. The first kappa shape index (κ1) is 47.7. The number of aromatic nitrogens is 6. The predicted octanol–water partition coefficient (Wildman–Crippen LogP) is 5.96. The molecule has 3 amide bonds. The highest BCUT2D eigenvalue weighted by Crippen LogP contribution is 2.47. The van der Waals surface area contributed by atoms with Gasteiger partial charge in [-0.2, -0.15) is 9.97 Å². The quantitative estimate of drug-likeness (QED) is 0.110. The molecule has 4 aromatic heterocycles. The van der Waals surface area contributed by atoms with E-state index in [0.29, 0.717) is 59.6 Å². The van der Waals surface area contributed by atoms with Crippen molar-refractivity contribution in [2.75, 3.05) is 45.0 Å². The van der Waals surface area contributed by atoms with E-state index < -0.39 is 43.1 Å².